The molecule has 2 N–H and O–H groups in total. The molecule has 0 aromatic heterocycles. The molecule has 66 valence electrons. The fourth-order valence-electron chi connectivity index (χ4n) is 2.28. The molecule has 1 fully saturated rings. The maximum Gasteiger partial charge on any atom is 0.0180 e. The summed E-state index contributed by atoms with van der Waals surface area (Å²) in [5, 5.41) is 0. The van der Waals surface area contributed by atoms with Gasteiger partial charge in [-0.15, -0.1) is 0 Å². The van der Waals surface area contributed by atoms with Crippen molar-refractivity contribution in [3.05, 3.63) is 0 Å². The van der Waals surface area contributed by atoms with Gasteiger partial charge in [0, 0.05) is 5.54 Å². The first-order valence-electron chi connectivity index (χ1n) is 4.88. The van der Waals surface area contributed by atoms with Gasteiger partial charge in [0.1, 0.15) is 0 Å². The topological polar surface area (TPSA) is 26.0 Å². The molecule has 0 radical (unpaired) electrons. The molecule has 0 aromatic rings. The van der Waals surface area contributed by atoms with E-state index < -0.39 is 0 Å². The van der Waals surface area contributed by atoms with E-state index >= 15 is 0 Å². The van der Waals surface area contributed by atoms with Crippen molar-refractivity contribution in [2.24, 2.45) is 17.6 Å². The van der Waals surface area contributed by atoms with Gasteiger partial charge in [0.05, 0.1) is 0 Å². The molecule has 0 saturated heterocycles. The second-order valence-corrected chi connectivity index (χ2v) is 4.33. The van der Waals surface area contributed by atoms with E-state index in [1.807, 2.05) is 0 Å². The highest BCUT2D eigenvalue weighted by molar-refractivity contribution is 4.96. The number of hydrogen-bond acceptors (Lipinski definition) is 1. The van der Waals surface area contributed by atoms with E-state index in [1.54, 1.807) is 0 Å². The molecule has 0 bridgehead atoms. The Hall–Kier alpha value is -0.0400. The van der Waals surface area contributed by atoms with Crippen LogP contribution >= 0.6 is 0 Å². The van der Waals surface area contributed by atoms with E-state index in [4.69, 9.17) is 5.73 Å². The van der Waals surface area contributed by atoms with Crippen LogP contribution < -0.4 is 5.73 Å². The van der Waals surface area contributed by atoms with E-state index in [9.17, 15) is 0 Å². The summed E-state index contributed by atoms with van der Waals surface area (Å²) in [6.45, 7) is 6.76. The Morgan fingerprint density at radius 2 is 2.09 bits per heavy atom. The minimum absolute atomic E-state index is 0.121. The molecule has 3 atom stereocenters. The van der Waals surface area contributed by atoms with Crippen LogP contribution in [-0.2, 0) is 0 Å². The third kappa shape index (κ3) is 1.58. The van der Waals surface area contributed by atoms with Crippen LogP contribution in [0.1, 0.15) is 46.5 Å². The Kier molecular flexibility index (Phi) is 2.58. The van der Waals surface area contributed by atoms with Gasteiger partial charge in [-0.3, -0.25) is 0 Å². The second-order valence-electron chi connectivity index (χ2n) is 4.33. The largest absolute Gasteiger partial charge is 0.325 e. The molecule has 0 aliphatic heterocycles. The van der Waals surface area contributed by atoms with Gasteiger partial charge in [0.15, 0.2) is 0 Å². The SMILES string of the molecule is CCCC1CCC(C)C1(C)N. The fourth-order valence-corrected chi connectivity index (χ4v) is 2.28. The van der Waals surface area contributed by atoms with Gasteiger partial charge in [-0.2, -0.15) is 0 Å². The predicted molar refractivity (Wildman–Crippen MR) is 49.4 cm³/mol. The minimum Gasteiger partial charge on any atom is -0.325 e. The zero-order valence-corrected chi connectivity index (χ0v) is 8.06. The quantitative estimate of drug-likeness (QED) is 0.651. The lowest BCUT2D eigenvalue weighted by Crippen LogP contribution is -2.44. The Morgan fingerprint density at radius 1 is 1.45 bits per heavy atom. The van der Waals surface area contributed by atoms with E-state index in [-0.39, 0.29) is 5.54 Å². The lowest BCUT2D eigenvalue weighted by Gasteiger charge is -2.30. The Balaban J connectivity index is 2.55. The van der Waals surface area contributed by atoms with Crippen LogP contribution in [-0.4, -0.2) is 5.54 Å². The summed E-state index contributed by atoms with van der Waals surface area (Å²) in [5.41, 5.74) is 6.37. The van der Waals surface area contributed by atoms with Crippen LogP contribution in [0.15, 0.2) is 0 Å². The van der Waals surface area contributed by atoms with Gasteiger partial charge in [-0.1, -0.05) is 20.3 Å². The van der Waals surface area contributed by atoms with Crippen LogP contribution in [0.25, 0.3) is 0 Å². The number of rotatable bonds is 2. The highest BCUT2D eigenvalue weighted by Crippen LogP contribution is 2.40. The van der Waals surface area contributed by atoms with Crippen LogP contribution in [0.3, 0.4) is 0 Å². The van der Waals surface area contributed by atoms with Gasteiger partial charge in [-0.25, -0.2) is 0 Å². The second kappa shape index (κ2) is 3.14. The van der Waals surface area contributed by atoms with Gasteiger partial charge < -0.3 is 5.73 Å². The summed E-state index contributed by atoms with van der Waals surface area (Å²) in [6, 6.07) is 0. The zero-order valence-electron chi connectivity index (χ0n) is 8.06. The maximum atomic E-state index is 6.25. The summed E-state index contributed by atoms with van der Waals surface area (Å²) in [6.07, 6.45) is 5.28. The number of hydrogen-bond donors (Lipinski definition) is 1. The third-order valence-electron chi connectivity index (χ3n) is 3.53. The zero-order chi connectivity index (χ0) is 8.48. The first-order chi connectivity index (χ1) is 5.09. The van der Waals surface area contributed by atoms with Crippen molar-refractivity contribution >= 4 is 0 Å². The van der Waals surface area contributed by atoms with Gasteiger partial charge >= 0.3 is 0 Å². The van der Waals surface area contributed by atoms with Crippen LogP contribution in [0.2, 0.25) is 0 Å². The molecule has 0 aromatic carbocycles. The molecule has 11 heavy (non-hydrogen) atoms. The highest BCUT2D eigenvalue weighted by atomic mass is 14.8. The van der Waals surface area contributed by atoms with Crippen LogP contribution in [0, 0.1) is 11.8 Å². The monoisotopic (exact) mass is 155 g/mol. The smallest absolute Gasteiger partial charge is 0.0180 e. The molecular formula is C10H21N. The summed E-state index contributed by atoms with van der Waals surface area (Å²) in [5.74, 6) is 1.50. The average molecular weight is 155 g/mol. The number of nitrogens with two attached hydrogens (primary N) is 1. The minimum atomic E-state index is 0.121. The molecule has 1 rings (SSSR count). The molecule has 0 spiro atoms. The third-order valence-corrected chi connectivity index (χ3v) is 3.53. The van der Waals surface area contributed by atoms with Crippen molar-refractivity contribution in [3.63, 3.8) is 0 Å². The van der Waals surface area contributed by atoms with Crippen molar-refractivity contribution in [1.82, 2.24) is 0 Å². The van der Waals surface area contributed by atoms with Gasteiger partial charge in [0.25, 0.3) is 0 Å². The first-order valence-corrected chi connectivity index (χ1v) is 4.88. The molecule has 1 heteroatoms. The molecular weight excluding hydrogens is 134 g/mol. The lowest BCUT2D eigenvalue weighted by atomic mass is 9.82. The summed E-state index contributed by atoms with van der Waals surface area (Å²) in [4.78, 5) is 0. The normalized spacial score (nSPS) is 44.7. The molecule has 1 nitrogen and oxygen atoms in total. The van der Waals surface area contributed by atoms with E-state index in [1.165, 1.54) is 25.7 Å². The van der Waals surface area contributed by atoms with E-state index in [0.717, 1.165) is 11.8 Å². The van der Waals surface area contributed by atoms with Crippen LogP contribution in [0.4, 0.5) is 0 Å². The van der Waals surface area contributed by atoms with Gasteiger partial charge in [0.2, 0.25) is 0 Å². The van der Waals surface area contributed by atoms with Crippen molar-refractivity contribution in [2.75, 3.05) is 0 Å². The lowest BCUT2D eigenvalue weighted by molar-refractivity contribution is 0.272. The van der Waals surface area contributed by atoms with E-state index in [2.05, 4.69) is 20.8 Å². The molecule has 0 amide bonds. The summed E-state index contributed by atoms with van der Waals surface area (Å²) in [7, 11) is 0. The predicted octanol–water partition coefficient (Wildman–Crippen LogP) is 2.55. The van der Waals surface area contributed by atoms with Crippen LogP contribution in [0.5, 0.6) is 0 Å². The van der Waals surface area contributed by atoms with E-state index in [0.29, 0.717) is 0 Å². The Bertz CT molecular complexity index is 127. The van der Waals surface area contributed by atoms with Crippen molar-refractivity contribution in [1.29, 1.82) is 0 Å². The summed E-state index contributed by atoms with van der Waals surface area (Å²) < 4.78 is 0. The molecule has 1 saturated carbocycles. The van der Waals surface area contributed by atoms with Crippen molar-refractivity contribution in [2.45, 2.75) is 52.0 Å². The maximum absolute atomic E-state index is 6.25. The first kappa shape index (κ1) is 9.05. The van der Waals surface area contributed by atoms with Crippen molar-refractivity contribution in [3.8, 4) is 0 Å². The summed E-state index contributed by atoms with van der Waals surface area (Å²) >= 11 is 0. The highest BCUT2D eigenvalue weighted by Gasteiger charge is 2.39. The molecule has 1 aliphatic carbocycles. The molecule has 0 heterocycles. The van der Waals surface area contributed by atoms with Crippen molar-refractivity contribution < 1.29 is 0 Å². The standard InChI is InChI=1S/C10H21N/c1-4-5-9-7-6-8(2)10(9,3)11/h8-9H,4-7,11H2,1-3H3. The Morgan fingerprint density at radius 3 is 2.45 bits per heavy atom. The average Bonchev–Trinajstić information content (AvgIpc) is 2.16. The Labute approximate surface area is 70.4 Å². The molecule has 3 unspecified atom stereocenters. The van der Waals surface area contributed by atoms with Gasteiger partial charge in [-0.05, 0) is 38.0 Å². The molecule has 1 aliphatic rings. The fraction of sp³-hybridized carbons (Fsp3) is 1.00.